The second-order valence-corrected chi connectivity index (χ2v) is 6.54. The van der Waals surface area contributed by atoms with Crippen molar-refractivity contribution >= 4 is 22.7 Å². The number of benzene rings is 2. The SMILES string of the molecule is CN(C)C(CNC(=O)Nc1ccccc1C(F)(F)F)c1cc2ccccc2o1. The fraction of sp³-hybridized carbons (Fsp3) is 0.250. The number of likely N-dealkylation sites (N-methyl/N-ethyl adjacent to an activating group) is 1. The predicted molar refractivity (Wildman–Crippen MR) is 101 cm³/mol. The van der Waals surface area contributed by atoms with Crippen LogP contribution in [0.2, 0.25) is 0 Å². The summed E-state index contributed by atoms with van der Waals surface area (Å²) >= 11 is 0. The van der Waals surface area contributed by atoms with Crippen LogP contribution in [-0.4, -0.2) is 31.6 Å². The summed E-state index contributed by atoms with van der Waals surface area (Å²) in [6, 6.07) is 13.3. The van der Waals surface area contributed by atoms with E-state index in [9.17, 15) is 18.0 Å². The largest absolute Gasteiger partial charge is 0.459 e. The number of carbonyl (C=O) groups is 1. The quantitative estimate of drug-likeness (QED) is 0.652. The van der Waals surface area contributed by atoms with Gasteiger partial charge >= 0.3 is 12.2 Å². The lowest BCUT2D eigenvalue weighted by Crippen LogP contribution is -2.37. The molecule has 1 unspecified atom stereocenters. The molecule has 28 heavy (non-hydrogen) atoms. The number of carbonyl (C=O) groups excluding carboxylic acids is 1. The van der Waals surface area contributed by atoms with E-state index >= 15 is 0 Å². The minimum atomic E-state index is -4.55. The average molecular weight is 391 g/mol. The number of urea groups is 1. The van der Waals surface area contributed by atoms with Crippen LogP contribution in [0, 0.1) is 0 Å². The number of alkyl halides is 3. The second kappa shape index (κ2) is 7.93. The monoisotopic (exact) mass is 391 g/mol. The topological polar surface area (TPSA) is 57.5 Å². The maximum absolute atomic E-state index is 13.1. The summed E-state index contributed by atoms with van der Waals surface area (Å²) in [6.45, 7) is 0.160. The normalized spacial score (nSPS) is 12.9. The smallest absolute Gasteiger partial charge is 0.418 e. The van der Waals surface area contributed by atoms with Crippen LogP contribution in [-0.2, 0) is 6.18 Å². The number of hydrogen-bond acceptors (Lipinski definition) is 3. The van der Waals surface area contributed by atoms with Crippen LogP contribution in [0.25, 0.3) is 11.0 Å². The van der Waals surface area contributed by atoms with Crippen LogP contribution in [0.3, 0.4) is 0 Å². The standard InChI is InChI=1S/C20H20F3N3O2/c1-26(2)16(18-11-13-7-3-6-10-17(13)28-18)12-24-19(27)25-15-9-5-4-8-14(15)20(21,22)23/h3-11,16H,12H2,1-2H3,(H2,24,25,27). The Kier molecular flexibility index (Phi) is 5.60. The maximum atomic E-state index is 13.1. The fourth-order valence-electron chi connectivity index (χ4n) is 2.90. The second-order valence-electron chi connectivity index (χ2n) is 6.54. The van der Waals surface area contributed by atoms with Crippen LogP contribution in [0.4, 0.5) is 23.7 Å². The molecular formula is C20H20F3N3O2. The van der Waals surface area contributed by atoms with E-state index < -0.39 is 17.8 Å². The lowest BCUT2D eigenvalue weighted by Gasteiger charge is -2.23. The molecule has 2 amide bonds. The molecule has 0 aliphatic rings. The van der Waals surface area contributed by atoms with Gasteiger partial charge in [0.05, 0.1) is 17.3 Å². The molecule has 0 saturated carbocycles. The molecule has 0 fully saturated rings. The van der Waals surface area contributed by atoms with E-state index in [1.807, 2.05) is 49.3 Å². The molecule has 0 radical (unpaired) electrons. The molecule has 3 rings (SSSR count). The van der Waals surface area contributed by atoms with Crippen molar-refractivity contribution in [1.29, 1.82) is 0 Å². The van der Waals surface area contributed by atoms with Crippen LogP contribution in [0.15, 0.2) is 59.0 Å². The predicted octanol–water partition coefficient (Wildman–Crippen LogP) is 4.88. The molecule has 0 spiro atoms. The molecule has 8 heteroatoms. The number of para-hydroxylation sites is 2. The van der Waals surface area contributed by atoms with Crippen molar-refractivity contribution in [3.63, 3.8) is 0 Å². The number of fused-ring (bicyclic) bond motifs is 1. The number of hydrogen-bond donors (Lipinski definition) is 2. The molecule has 0 bridgehead atoms. The first kappa shape index (κ1) is 19.8. The Bertz CT molecular complexity index is 933. The van der Waals surface area contributed by atoms with Crippen LogP contribution in [0.1, 0.15) is 17.4 Å². The first-order valence-electron chi connectivity index (χ1n) is 8.61. The Balaban J connectivity index is 1.70. The number of nitrogens with one attached hydrogen (secondary N) is 2. The zero-order valence-electron chi connectivity index (χ0n) is 15.4. The summed E-state index contributed by atoms with van der Waals surface area (Å²) in [5.41, 5.74) is -0.461. The van der Waals surface area contributed by atoms with E-state index in [0.717, 1.165) is 17.0 Å². The third kappa shape index (κ3) is 4.45. The van der Waals surface area contributed by atoms with Gasteiger partial charge in [-0.25, -0.2) is 4.79 Å². The van der Waals surface area contributed by atoms with Crippen molar-refractivity contribution in [3.05, 3.63) is 65.9 Å². The van der Waals surface area contributed by atoms with Gasteiger partial charge in [-0.1, -0.05) is 30.3 Å². The molecule has 3 aromatic rings. The highest BCUT2D eigenvalue weighted by Crippen LogP contribution is 2.34. The van der Waals surface area contributed by atoms with Gasteiger partial charge in [0.1, 0.15) is 11.3 Å². The van der Waals surface area contributed by atoms with Gasteiger partial charge in [0.25, 0.3) is 0 Å². The lowest BCUT2D eigenvalue weighted by atomic mass is 10.1. The molecule has 1 atom stereocenters. The van der Waals surface area contributed by atoms with Gasteiger partial charge in [0.2, 0.25) is 0 Å². The zero-order chi connectivity index (χ0) is 20.3. The van der Waals surface area contributed by atoms with Crippen molar-refractivity contribution in [2.24, 2.45) is 0 Å². The van der Waals surface area contributed by atoms with Gasteiger partial charge in [-0.2, -0.15) is 13.2 Å². The summed E-state index contributed by atoms with van der Waals surface area (Å²) in [5.74, 6) is 0.655. The minimum Gasteiger partial charge on any atom is -0.459 e. The highest BCUT2D eigenvalue weighted by molar-refractivity contribution is 5.90. The molecular weight excluding hydrogens is 371 g/mol. The Hall–Kier alpha value is -3.00. The number of nitrogens with zero attached hydrogens (tertiary/aromatic N) is 1. The van der Waals surface area contributed by atoms with Gasteiger partial charge in [-0.05, 0) is 38.4 Å². The molecule has 0 aliphatic carbocycles. The first-order valence-corrected chi connectivity index (χ1v) is 8.61. The Labute approximate surface area is 160 Å². The number of halogens is 3. The van der Waals surface area contributed by atoms with Crippen LogP contribution in [0.5, 0.6) is 0 Å². The van der Waals surface area contributed by atoms with Crippen molar-refractivity contribution in [2.45, 2.75) is 12.2 Å². The van der Waals surface area contributed by atoms with E-state index in [-0.39, 0.29) is 18.3 Å². The lowest BCUT2D eigenvalue weighted by molar-refractivity contribution is -0.136. The summed E-state index contributed by atoms with van der Waals surface area (Å²) in [5, 5.41) is 5.82. The average Bonchev–Trinajstić information content (AvgIpc) is 3.04. The molecule has 1 aromatic heterocycles. The maximum Gasteiger partial charge on any atom is 0.418 e. The number of amides is 2. The summed E-state index contributed by atoms with van der Waals surface area (Å²) in [7, 11) is 3.66. The highest BCUT2D eigenvalue weighted by atomic mass is 19.4. The van der Waals surface area contributed by atoms with Gasteiger partial charge < -0.3 is 15.1 Å². The van der Waals surface area contributed by atoms with Crippen molar-refractivity contribution in [1.82, 2.24) is 10.2 Å². The van der Waals surface area contributed by atoms with Crippen LogP contribution >= 0.6 is 0 Å². The first-order chi connectivity index (χ1) is 13.3. The van der Waals surface area contributed by atoms with Crippen molar-refractivity contribution in [3.8, 4) is 0 Å². The molecule has 1 heterocycles. The molecule has 2 N–H and O–H groups in total. The van der Waals surface area contributed by atoms with Crippen LogP contribution < -0.4 is 10.6 Å². The third-order valence-electron chi connectivity index (χ3n) is 4.33. The van der Waals surface area contributed by atoms with Crippen molar-refractivity contribution < 1.29 is 22.4 Å². The number of furan rings is 1. The van der Waals surface area contributed by atoms with Gasteiger partial charge in [0, 0.05) is 11.9 Å². The fourth-order valence-corrected chi connectivity index (χ4v) is 2.90. The highest BCUT2D eigenvalue weighted by Gasteiger charge is 2.33. The molecule has 0 saturated heterocycles. The number of rotatable bonds is 5. The van der Waals surface area contributed by atoms with E-state index in [4.69, 9.17) is 4.42 Å². The molecule has 5 nitrogen and oxygen atoms in total. The van der Waals surface area contributed by atoms with E-state index in [1.165, 1.54) is 18.2 Å². The molecule has 148 valence electrons. The Morgan fingerprint density at radius 2 is 1.79 bits per heavy atom. The van der Waals surface area contributed by atoms with E-state index in [0.29, 0.717) is 5.76 Å². The minimum absolute atomic E-state index is 0.160. The van der Waals surface area contributed by atoms with Gasteiger partial charge in [-0.3, -0.25) is 4.90 Å². The third-order valence-corrected chi connectivity index (χ3v) is 4.33. The Morgan fingerprint density at radius 1 is 1.11 bits per heavy atom. The summed E-state index contributed by atoms with van der Waals surface area (Å²) in [4.78, 5) is 14.0. The summed E-state index contributed by atoms with van der Waals surface area (Å²) in [6.07, 6.45) is -4.55. The molecule has 0 aliphatic heterocycles. The summed E-state index contributed by atoms with van der Waals surface area (Å²) < 4.78 is 45.0. The van der Waals surface area contributed by atoms with Gasteiger partial charge in [0.15, 0.2) is 0 Å². The Morgan fingerprint density at radius 3 is 2.46 bits per heavy atom. The van der Waals surface area contributed by atoms with E-state index in [1.54, 1.807) is 0 Å². The van der Waals surface area contributed by atoms with Crippen molar-refractivity contribution in [2.75, 3.05) is 26.0 Å². The van der Waals surface area contributed by atoms with Gasteiger partial charge in [-0.15, -0.1) is 0 Å². The number of anilines is 1. The zero-order valence-corrected chi connectivity index (χ0v) is 15.4. The van der Waals surface area contributed by atoms with E-state index in [2.05, 4.69) is 10.6 Å². The molecule has 2 aromatic carbocycles.